The van der Waals surface area contributed by atoms with E-state index >= 15 is 0 Å². The van der Waals surface area contributed by atoms with E-state index in [0.29, 0.717) is 18.1 Å². The Morgan fingerprint density at radius 3 is 2.88 bits per heavy atom. The molecule has 0 aliphatic rings. The number of pyridine rings is 1. The van der Waals surface area contributed by atoms with Crippen LogP contribution in [0.25, 0.3) is 0 Å². The van der Waals surface area contributed by atoms with Crippen molar-refractivity contribution in [2.75, 3.05) is 11.1 Å². The maximum absolute atomic E-state index is 5.77. The van der Waals surface area contributed by atoms with Crippen LogP contribution in [0.5, 0.6) is 0 Å². The Labute approximate surface area is 94.3 Å². The summed E-state index contributed by atoms with van der Waals surface area (Å²) in [6, 6.07) is 5.93. The lowest BCUT2D eigenvalue weighted by atomic mass is 10.3. The van der Waals surface area contributed by atoms with Crippen molar-refractivity contribution in [2.24, 2.45) is 7.05 Å². The highest BCUT2D eigenvalue weighted by Gasteiger charge is 2.03. The van der Waals surface area contributed by atoms with Crippen molar-refractivity contribution in [3.8, 4) is 0 Å². The largest absolute Gasteiger partial charge is 0.394 e. The van der Waals surface area contributed by atoms with Gasteiger partial charge in [-0.05, 0) is 19.1 Å². The highest BCUT2D eigenvalue weighted by molar-refractivity contribution is 5.59. The van der Waals surface area contributed by atoms with Gasteiger partial charge in [0.15, 0.2) is 5.82 Å². The summed E-state index contributed by atoms with van der Waals surface area (Å²) in [6.07, 6.45) is 1.77. The van der Waals surface area contributed by atoms with E-state index in [1.165, 1.54) is 0 Å². The van der Waals surface area contributed by atoms with Crippen LogP contribution >= 0.6 is 0 Å². The second-order valence-corrected chi connectivity index (χ2v) is 3.73. The van der Waals surface area contributed by atoms with Gasteiger partial charge >= 0.3 is 0 Å². The molecule has 0 aliphatic heterocycles. The quantitative estimate of drug-likeness (QED) is 0.813. The smallest absolute Gasteiger partial charge is 0.171 e. The van der Waals surface area contributed by atoms with Crippen molar-refractivity contribution in [2.45, 2.75) is 13.5 Å². The molecule has 0 amide bonds. The number of aromatic nitrogens is 3. The molecule has 0 atom stereocenters. The van der Waals surface area contributed by atoms with Gasteiger partial charge in [-0.3, -0.25) is 9.67 Å². The lowest BCUT2D eigenvalue weighted by Gasteiger charge is -2.04. The zero-order valence-corrected chi connectivity index (χ0v) is 9.44. The van der Waals surface area contributed by atoms with Crippen LogP contribution in [-0.2, 0) is 13.6 Å². The molecule has 5 heteroatoms. The summed E-state index contributed by atoms with van der Waals surface area (Å²) in [5.74, 6) is 0.700. The molecular weight excluding hydrogens is 202 g/mol. The van der Waals surface area contributed by atoms with Crippen molar-refractivity contribution < 1.29 is 0 Å². The van der Waals surface area contributed by atoms with Gasteiger partial charge in [0.25, 0.3) is 0 Å². The highest BCUT2D eigenvalue weighted by Crippen LogP contribution is 2.14. The SMILES string of the molecule is Cc1cccc(CNc2nn(C)cc2N)n1. The molecule has 0 radical (unpaired) electrons. The van der Waals surface area contributed by atoms with Crippen molar-refractivity contribution in [3.63, 3.8) is 0 Å². The second kappa shape index (κ2) is 4.22. The van der Waals surface area contributed by atoms with Crippen LogP contribution in [0, 0.1) is 6.92 Å². The minimum Gasteiger partial charge on any atom is -0.394 e. The van der Waals surface area contributed by atoms with Gasteiger partial charge in [0.1, 0.15) is 0 Å². The number of aryl methyl sites for hydroxylation is 2. The maximum Gasteiger partial charge on any atom is 0.171 e. The molecule has 2 rings (SSSR count). The number of nitrogens with one attached hydrogen (secondary N) is 1. The number of rotatable bonds is 3. The summed E-state index contributed by atoms with van der Waals surface area (Å²) >= 11 is 0. The van der Waals surface area contributed by atoms with Crippen LogP contribution < -0.4 is 11.1 Å². The van der Waals surface area contributed by atoms with Gasteiger partial charge in [-0.15, -0.1) is 0 Å². The van der Waals surface area contributed by atoms with Gasteiger partial charge in [-0.25, -0.2) is 0 Å². The van der Waals surface area contributed by atoms with E-state index in [2.05, 4.69) is 15.4 Å². The fourth-order valence-electron chi connectivity index (χ4n) is 1.52. The maximum atomic E-state index is 5.77. The summed E-state index contributed by atoms with van der Waals surface area (Å²) in [4.78, 5) is 4.39. The summed E-state index contributed by atoms with van der Waals surface area (Å²) in [6.45, 7) is 2.60. The number of nitrogens with zero attached hydrogens (tertiary/aromatic N) is 3. The standard InChI is InChI=1S/C11H15N5/c1-8-4-3-5-9(14-8)6-13-11-10(12)7-16(2)15-11/h3-5,7H,6,12H2,1-2H3,(H,13,15). The van der Waals surface area contributed by atoms with Gasteiger partial charge < -0.3 is 11.1 Å². The third kappa shape index (κ3) is 2.31. The van der Waals surface area contributed by atoms with Crippen molar-refractivity contribution >= 4 is 11.5 Å². The lowest BCUT2D eigenvalue weighted by molar-refractivity contribution is 0.768. The van der Waals surface area contributed by atoms with Crippen molar-refractivity contribution in [3.05, 3.63) is 35.8 Å². The zero-order valence-electron chi connectivity index (χ0n) is 9.44. The van der Waals surface area contributed by atoms with Crippen LogP contribution in [0.4, 0.5) is 11.5 Å². The predicted octanol–water partition coefficient (Wildman–Crippen LogP) is 1.32. The van der Waals surface area contributed by atoms with Gasteiger partial charge in [-0.1, -0.05) is 6.07 Å². The van der Waals surface area contributed by atoms with E-state index in [4.69, 9.17) is 5.73 Å². The van der Waals surface area contributed by atoms with Gasteiger partial charge in [0.2, 0.25) is 0 Å². The molecule has 0 aliphatic carbocycles. The fourth-order valence-corrected chi connectivity index (χ4v) is 1.52. The zero-order chi connectivity index (χ0) is 11.5. The minimum absolute atomic E-state index is 0.628. The molecule has 2 aromatic rings. The van der Waals surface area contributed by atoms with Crippen LogP contribution in [0.15, 0.2) is 24.4 Å². The van der Waals surface area contributed by atoms with Crippen LogP contribution in [-0.4, -0.2) is 14.8 Å². The number of hydrogen-bond acceptors (Lipinski definition) is 4. The molecule has 0 bridgehead atoms. The molecule has 3 N–H and O–H groups in total. The summed E-state index contributed by atoms with van der Waals surface area (Å²) in [5, 5.41) is 7.36. The first-order chi connectivity index (χ1) is 7.65. The molecule has 2 heterocycles. The molecule has 0 fully saturated rings. The molecule has 2 aromatic heterocycles. The molecule has 0 saturated carbocycles. The Bertz CT molecular complexity index is 489. The monoisotopic (exact) mass is 217 g/mol. The number of nitrogens with two attached hydrogens (primary N) is 1. The van der Waals surface area contributed by atoms with E-state index in [1.54, 1.807) is 10.9 Å². The van der Waals surface area contributed by atoms with Gasteiger partial charge in [-0.2, -0.15) is 5.10 Å². The molecule has 0 saturated heterocycles. The van der Waals surface area contributed by atoms with Crippen molar-refractivity contribution in [1.29, 1.82) is 0 Å². The Morgan fingerprint density at radius 2 is 2.25 bits per heavy atom. The van der Waals surface area contributed by atoms with E-state index in [-0.39, 0.29) is 0 Å². The Balaban J connectivity index is 2.05. The number of nitrogen functional groups attached to an aromatic ring is 1. The van der Waals surface area contributed by atoms with Crippen LogP contribution in [0.2, 0.25) is 0 Å². The fraction of sp³-hybridized carbons (Fsp3) is 0.273. The average Bonchev–Trinajstić information content (AvgIpc) is 2.54. The second-order valence-electron chi connectivity index (χ2n) is 3.73. The van der Waals surface area contributed by atoms with E-state index in [0.717, 1.165) is 11.4 Å². The summed E-state index contributed by atoms with van der Waals surface area (Å²) < 4.78 is 1.68. The predicted molar refractivity (Wildman–Crippen MR) is 63.9 cm³/mol. The number of anilines is 2. The third-order valence-corrected chi connectivity index (χ3v) is 2.24. The normalized spacial score (nSPS) is 10.4. The summed E-state index contributed by atoms with van der Waals surface area (Å²) in [5.41, 5.74) is 8.40. The third-order valence-electron chi connectivity index (χ3n) is 2.24. The highest BCUT2D eigenvalue weighted by atomic mass is 15.3. The molecular formula is C11H15N5. The molecule has 0 unspecified atom stereocenters. The average molecular weight is 217 g/mol. The molecule has 5 nitrogen and oxygen atoms in total. The minimum atomic E-state index is 0.628. The Kier molecular flexibility index (Phi) is 2.76. The van der Waals surface area contributed by atoms with Crippen LogP contribution in [0.1, 0.15) is 11.4 Å². The Morgan fingerprint density at radius 1 is 1.44 bits per heavy atom. The first-order valence-electron chi connectivity index (χ1n) is 5.10. The van der Waals surface area contributed by atoms with Crippen LogP contribution in [0.3, 0.4) is 0 Å². The molecule has 16 heavy (non-hydrogen) atoms. The molecule has 0 spiro atoms. The Hall–Kier alpha value is -2.04. The number of hydrogen-bond donors (Lipinski definition) is 2. The topological polar surface area (TPSA) is 68.8 Å². The first kappa shape index (κ1) is 10.5. The van der Waals surface area contributed by atoms with E-state index in [9.17, 15) is 0 Å². The summed E-state index contributed by atoms with van der Waals surface area (Å²) in [7, 11) is 1.84. The molecule has 0 aromatic carbocycles. The van der Waals surface area contributed by atoms with Gasteiger partial charge in [0.05, 0.1) is 17.9 Å². The van der Waals surface area contributed by atoms with E-state index < -0.39 is 0 Å². The first-order valence-corrected chi connectivity index (χ1v) is 5.10. The lowest BCUT2D eigenvalue weighted by Crippen LogP contribution is -2.04. The van der Waals surface area contributed by atoms with E-state index in [1.807, 2.05) is 32.2 Å². The molecule has 84 valence electrons. The van der Waals surface area contributed by atoms with Crippen molar-refractivity contribution in [1.82, 2.24) is 14.8 Å². The van der Waals surface area contributed by atoms with Gasteiger partial charge in [0, 0.05) is 18.9 Å².